The quantitative estimate of drug-likeness (QED) is 0.476. The van der Waals surface area contributed by atoms with Gasteiger partial charge in [0.2, 0.25) is 10.0 Å². The number of phenolic OH excluding ortho intramolecular Hbond substituents is 1. The van der Waals surface area contributed by atoms with Gasteiger partial charge in [-0.05, 0) is 42.5 Å². The maximum Gasteiger partial charge on any atom is 0.314 e. The molecule has 0 atom stereocenters. The fraction of sp³-hybridized carbons (Fsp3) is 0. The van der Waals surface area contributed by atoms with Crippen molar-refractivity contribution in [3.8, 4) is 5.75 Å². The number of sulfonamides is 1. The summed E-state index contributed by atoms with van der Waals surface area (Å²) >= 11 is 5.74. The first-order valence-corrected chi connectivity index (χ1v) is 8.33. The van der Waals surface area contributed by atoms with Gasteiger partial charge >= 0.3 is 11.8 Å². The Morgan fingerprint density at radius 1 is 1.00 bits per heavy atom. The monoisotopic (exact) mass is 369 g/mol. The van der Waals surface area contributed by atoms with Gasteiger partial charge in [0.05, 0.1) is 10.6 Å². The van der Waals surface area contributed by atoms with Crippen molar-refractivity contribution >= 4 is 44.8 Å². The minimum atomic E-state index is -3.85. The molecule has 0 aromatic heterocycles. The van der Waals surface area contributed by atoms with Crippen molar-refractivity contribution in [3.63, 3.8) is 0 Å². The van der Waals surface area contributed by atoms with Crippen LogP contribution >= 0.6 is 11.6 Å². The minimum Gasteiger partial charge on any atom is -0.506 e. The number of carbonyl (C=O) groups is 2. The Balaban J connectivity index is 2.06. The van der Waals surface area contributed by atoms with Crippen LogP contribution in [-0.2, 0) is 19.6 Å². The van der Waals surface area contributed by atoms with Gasteiger partial charge in [-0.1, -0.05) is 11.6 Å². The molecule has 0 saturated heterocycles. The number of halogens is 1. The summed E-state index contributed by atoms with van der Waals surface area (Å²) in [5, 5.41) is 19.3. The predicted molar refractivity (Wildman–Crippen MR) is 88.2 cm³/mol. The summed E-state index contributed by atoms with van der Waals surface area (Å²) in [4.78, 5) is 23.5. The van der Waals surface area contributed by atoms with Gasteiger partial charge < -0.3 is 15.7 Å². The third-order valence-electron chi connectivity index (χ3n) is 2.85. The number of anilines is 2. The van der Waals surface area contributed by atoms with Gasteiger partial charge in [-0.2, -0.15) is 0 Å². The summed E-state index contributed by atoms with van der Waals surface area (Å²) in [7, 11) is -3.85. The molecule has 5 N–H and O–H groups in total. The van der Waals surface area contributed by atoms with E-state index in [0.29, 0.717) is 0 Å². The molecule has 2 aromatic rings. The Bertz CT molecular complexity index is 897. The van der Waals surface area contributed by atoms with E-state index in [1.54, 1.807) is 0 Å². The molecule has 2 rings (SSSR count). The van der Waals surface area contributed by atoms with Crippen molar-refractivity contribution in [1.29, 1.82) is 0 Å². The van der Waals surface area contributed by atoms with E-state index in [1.807, 2.05) is 0 Å². The van der Waals surface area contributed by atoms with E-state index < -0.39 is 21.8 Å². The molecule has 0 spiro atoms. The lowest BCUT2D eigenvalue weighted by Gasteiger charge is -2.08. The van der Waals surface area contributed by atoms with E-state index in [0.717, 1.165) is 0 Å². The van der Waals surface area contributed by atoms with E-state index in [-0.39, 0.29) is 27.0 Å². The number of nitrogens with one attached hydrogen (secondary N) is 2. The molecule has 0 unspecified atom stereocenters. The second kappa shape index (κ2) is 6.87. The predicted octanol–water partition coefficient (Wildman–Crippen LogP) is 1.27. The second-order valence-corrected chi connectivity index (χ2v) is 6.64. The van der Waals surface area contributed by atoms with Gasteiger partial charge in [-0.15, -0.1) is 0 Å². The first kappa shape index (κ1) is 17.7. The van der Waals surface area contributed by atoms with Crippen molar-refractivity contribution in [2.75, 3.05) is 10.6 Å². The van der Waals surface area contributed by atoms with Gasteiger partial charge in [0, 0.05) is 10.7 Å². The molecule has 126 valence electrons. The fourth-order valence-electron chi connectivity index (χ4n) is 1.70. The van der Waals surface area contributed by atoms with Gasteiger partial charge in [-0.25, -0.2) is 13.6 Å². The van der Waals surface area contributed by atoms with Crippen LogP contribution in [0.2, 0.25) is 5.02 Å². The maximum atomic E-state index is 11.8. The molecule has 8 nitrogen and oxygen atoms in total. The van der Waals surface area contributed by atoms with Crippen molar-refractivity contribution in [3.05, 3.63) is 47.5 Å². The zero-order chi connectivity index (χ0) is 17.9. The Kier molecular flexibility index (Phi) is 5.07. The largest absolute Gasteiger partial charge is 0.506 e. The van der Waals surface area contributed by atoms with Gasteiger partial charge in [0.15, 0.2) is 0 Å². The van der Waals surface area contributed by atoms with Crippen LogP contribution in [0.5, 0.6) is 5.75 Å². The van der Waals surface area contributed by atoms with E-state index in [9.17, 15) is 23.1 Å². The third kappa shape index (κ3) is 4.44. The molecule has 0 heterocycles. The molecular formula is C14H12ClN3O5S. The number of nitrogens with two attached hydrogens (primary N) is 1. The van der Waals surface area contributed by atoms with Crippen LogP contribution in [0, 0.1) is 0 Å². The number of carbonyl (C=O) groups excluding carboxylic acids is 2. The average molecular weight is 370 g/mol. The summed E-state index contributed by atoms with van der Waals surface area (Å²) in [5.74, 6) is -2.31. The summed E-state index contributed by atoms with van der Waals surface area (Å²) in [6, 6.07) is 8.89. The lowest BCUT2D eigenvalue weighted by atomic mass is 10.3. The number of hydrogen-bond acceptors (Lipinski definition) is 5. The molecule has 0 saturated carbocycles. The Hall–Kier alpha value is -2.62. The molecule has 0 aliphatic rings. The molecule has 0 radical (unpaired) electrons. The smallest absolute Gasteiger partial charge is 0.314 e. The number of phenols is 1. The van der Waals surface area contributed by atoms with E-state index in [4.69, 9.17) is 16.7 Å². The van der Waals surface area contributed by atoms with Crippen molar-refractivity contribution in [2.45, 2.75) is 4.90 Å². The normalized spacial score (nSPS) is 10.9. The Morgan fingerprint density at radius 2 is 1.58 bits per heavy atom. The highest BCUT2D eigenvalue weighted by Crippen LogP contribution is 2.26. The van der Waals surface area contributed by atoms with E-state index >= 15 is 0 Å². The first-order chi connectivity index (χ1) is 11.2. The van der Waals surface area contributed by atoms with Crippen molar-refractivity contribution < 1.29 is 23.1 Å². The Morgan fingerprint density at radius 3 is 2.17 bits per heavy atom. The fourth-order valence-corrected chi connectivity index (χ4v) is 2.39. The molecule has 24 heavy (non-hydrogen) atoms. The van der Waals surface area contributed by atoms with Crippen LogP contribution < -0.4 is 15.8 Å². The van der Waals surface area contributed by atoms with Crippen LogP contribution in [0.1, 0.15) is 0 Å². The number of amides is 2. The highest BCUT2D eigenvalue weighted by atomic mass is 35.5. The maximum absolute atomic E-state index is 11.8. The van der Waals surface area contributed by atoms with Crippen molar-refractivity contribution in [1.82, 2.24) is 0 Å². The van der Waals surface area contributed by atoms with Gasteiger partial charge in [-0.3, -0.25) is 9.59 Å². The number of aromatic hydroxyl groups is 1. The Labute approximate surface area is 142 Å². The van der Waals surface area contributed by atoms with Crippen molar-refractivity contribution in [2.24, 2.45) is 5.14 Å². The van der Waals surface area contributed by atoms with Crippen LogP contribution in [-0.4, -0.2) is 25.3 Å². The molecule has 2 aromatic carbocycles. The lowest BCUT2D eigenvalue weighted by Crippen LogP contribution is -2.29. The molecule has 0 fully saturated rings. The van der Waals surface area contributed by atoms with E-state index in [2.05, 4.69) is 10.6 Å². The zero-order valence-corrected chi connectivity index (χ0v) is 13.6. The first-order valence-electron chi connectivity index (χ1n) is 6.40. The van der Waals surface area contributed by atoms with Crippen LogP contribution in [0.15, 0.2) is 47.4 Å². The highest BCUT2D eigenvalue weighted by Gasteiger charge is 2.16. The number of rotatable bonds is 3. The molecule has 0 aliphatic carbocycles. The van der Waals surface area contributed by atoms with Gasteiger partial charge in [0.25, 0.3) is 0 Å². The molecular weight excluding hydrogens is 358 g/mol. The van der Waals surface area contributed by atoms with Crippen LogP contribution in [0.3, 0.4) is 0 Å². The number of benzene rings is 2. The van der Waals surface area contributed by atoms with Crippen LogP contribution in [0.4, 0.5) is 11.4 Å². The third-order valence-corrected chi connectivity index (χ3v) is 4.02. The minimum absolute atomic E-state index is 0.0211. The van der Waals surface area contributed by atoms with E-state index in [1.165, 1.54) is 42.5 Å². The van der Waals surface area contributed by atoms with Crippen LogP contribution in [0.25, 0.3) is 0 Å². The molecule has 10 heteroatoms. The molecule has 0 aliphatic heterocycles. The standard InChI is InChI=1S/C14H12ClN3O5S/c15-8-1-6-12(19)11(7-8)18-14(21)13(20)17-9-2-4-10(5-3-9)24(16,22)23/h1-7,19H,(H,17,20)(H,18,21)(H2,16,22,23). The van der Waals surface area contributed by atoms with Gasteiger partial charge in [0.1, 0.15) is 5.75 Å². The summed E-state index contributed by atoms with van der Waals surface area (Å²) in [6.45, 7) is 0. The topological polar surface area (TPSA) is 139 Å². The SMILES string of the molecule is NS(=O)(=O)c1ccc(NC(=O)C(=O)Nc2cc(Cl)ccc2O)cc1. The lowest BCUT2D eigenvalue weighted by molar-refractivity contribution is -0.133. The summed E-state index contributed by atoms with van der Waals surface area (Å²) in [5.41, 5.74) is 0.171. The molecule has 2 amide bonds. The number of hydrogen-bond donors (Lipinski definition) is 4. The second-order valence-electron chi connectivity index (χ2n) is 4.64. The summed E-state index contributed by atoms with van der Waals surface area (Å²) < 4.78 is 22.3. The zero-order valence-electron chi connectivity index (χ0n) is 12.0. The number of primary sulfonamides is 1. The highest BCUT2D eigenvalue weighted by molar-refractivity contribution is 7.89. The summed E-state index contributed by atoms with van der Waals surface area (Å²) in [6.07, 6.45) is 0. The molecule has 0 bridgehead atoms. The average Bonchev–Trinajstić information content (AvgIpc) is 2.50.